The Morgan fingerprint density at radius 3 is 2.60 bits per heavy atom. The summed E-state index contributed by atoms with van der Waals surface area (Å²) in [6.07, 6.45) is 0. The second kappa shape index (κ2) is 5.66. The van der Waals surface area contributed by atoms with Gasteiger partial charge in [-0.2, -0.15) is 0 Å². The monoisotopic (exact) mass is 338 g/mol. The molecule has 0 saturated heterocycles. The maximum Gasteiger partial charge on any atom is 0.326 e. The van der Waals surface area contributed by atoms with Crippen molar-refractivity contribution in [2.24, 2.45) is 5.92 Å². The molecule has 1 heterocycles. The highest BCUT2D eigenvalue weighted by Gasteiger charge is 2.24. The highest BCUT2D eigenvalue weighted by atomic mass is 79.9. The molecule has 5 nitrogen and oxygen atoms in total. The fourth-order valence-electron chi connectivity index (χ4n) is 1.95. The van der Waals surface area contributed by atoms with E-state index in [1.165, 1.54) is 0 Å². The van der Waals surface area contributed by atoms with E-state index in [1.807, 2.05) is 18.2 Å². The molecule has 0 aliphatic carbocycles. The molecule has 0 bridgehead atoms. The molecule has 1 aromatic heterocycles. The normalized spacial score (nSPS) is 12.6. The molecule has 3 N–H and O–H groups in total. The number of aromatic nitrogens is 1. The van der Waals surface area contributed by atoms with Crippen LogP contribution in [0, 0.1) is 5.92 Å². The molecular weight excluding hydrogens is 324 g/mol. The van der Waals surface area contributed by atoms with Gasteiger partial charge in [-0.3, -0.25) is 4.79 Å². The standard InChI is InChI=1S/C14H15BrN2O3/c1-7(2)12(14(19)20)17-13(18)11-5-8-3-4-9(15)6-10(8)16-11/h3-7,12,16H,1-2H3,(H,17,18)(H,19,20)/t12-/m0/s1. The third-order valence-corrected chi connectivity index (χ3v) is 3.54. The lowest BCUT2D eigenvalue weighted by molar-refractivity contribution is -0.140. The number of aromatic amines is 1. The lowest BCUT2D eigenvalue weighted by Crippen LogP contribution is -2.44. The second-order valence-corrected chi connectivity index (χ2v) is 5.86. The Morgan fingerprint density at radius 1 is 1.30 bits per heavy atom. The van der Waals surface area contributed by atoms with Crippen LogP contribution in [0.5, 0.6) is 0 Å². The van der Waals surface area contributed by atoms with Crippen molar-refractivity contribution >= 4 is 38.7 Å². The summed E-state index contributed by atoms with van der Waals surface area (Å²) in [6, 6.07) is 6.43. The summed E-state index contributed by atoms with van der Waals surface area (Å²) >= 11 is 3.36. The van der Waals surface area contributed by atoms with Crippen molar-refractivity contribution in [3.05, 3.63) is 34.4 Å². The van der Waals surface area contributed by atoms with Crippen LogP contribution in [0.1, 0.15) is 24.3 Å². The number of carboxylic acid groups (broad SMARTS) is 1. The molecule has 0 saturated carbocycles. The minimum atomic E-state index is -1.03. The summed E-state index contributed by atoms with van der Waals surface area (Å²) < 4.78 is 0.907. The molecule has 20 heavy (non-hydrogen) atoms. The van der Waals surface area contributed by atoms with Gasteiger partial charge in [-0.15, -0.1) is 0 Å². The number of rotatable bonds is 4. The van der Waals surface area contributed by atoms with Gasteiger partial charge in [0.2, 0.25) is 0 Å². The molecule has 1 amide bonds. The zero-order chi connectivity index (χ0) is 14.9. The third kappa shape index (κ3) is 3.01. The van der Waals surface area contributed by atoms with Crippen LogP contribution < -0.4 is 5.32 Å². The smallest absolute Gasteiger partial charge is 0.326 e. The number of fused-ring (bicyclic) bond motifs is 1. The van der Waals surface area contributed by atoms with Crippen LogP contribution in [0.25, 0.3) is 10.9 Å². The van der Waals surface area contributed by atoms with Crippen LogP contribution in [0.4, 0.5) is 0 Å². The van der Waals surface area contributed by atoms with Gasteiger partial charge in [-0.1, -0.05) is 35.8 Å². The summed E-state index contributed by atoms with van der Waals surface area (Å²) in [5, 5.41) is 12.5. The Labute approximate surface area is 124 Å². The number of benzene rings is 1. The van der Waals surface area contributed by atoms with Crippen LogP contribution >= 0.6 is 15.9 Å². The van der Waals surface area contributed by atoms with E-state index in [0.29, 0.717) is 5.69 Å². The van der Waals surface area contributed by atoms with Crippen molar-refractivity contribution < 1.29 is 14.7 Å². The fourth-order valence-corrected chi connectivity index (χ4v) is 2.32. The van der Waals surface area contributed by atoms with E-state index in [0.717, 1.165) is 15.4 Å². The van der Waals surface area contributed by atoms with Crippen molar-refractivity contribution in [3.8, 4) is 0 Å². The number of nitrogens with one attached hydrogen (secondary N) is 2. The topological polar surface area (TPSA) is 82.2 Å². The van der Waals surface area contributed by atoms with Gasteiger partial charge in [0.1, 0.15) is 11.7 Å². The predicted octanol–water partition coefficient (Wildman–Crippen LogP) is 2.77. The first-order chi connectivity index (χ1) is 9.38. The van der Waals surface area contributed by atoms with Crippen molar-refractivity contribution in [1.29, 1.82) is 0 Å². The zero-order valence-electron chi connectivity index (χ0n) is 11.1. The lowest BCUT2D eigenvalue weighted by atomic mass is 10.0. The van der Waals surface area contributed by atoms with Crippen molar-refractivity contribution in [1.82, 2.24) is 10.3 Å². The van der Waals surface area contributed by atoms with E-state index in [2.05, 4.69) is 26.2 Å². The first-order valence-electron chi connectivity index (χ1n) is 6.20. The maximum absolute atomic E-state index is 12.1. The van der Waals surface area contributed by atoms with E-state index in [9.17, 15) is 9.59 Å². The number of amides is 1. The third-order valence-electron chi connectivity index (χ3n) is 3.05. The van der Waals surface area contributed by atoms with Gasteiger partial charge in [0.05, 0.1) is 0 Å². The number of hydrogen-bond acceptors (Lipinski definition) is 2. The maximum atomic E-state index is 12.1. The molecule has 0 spiro atoms. The van der Waals surface area contributed by atoms with Crippen molar-refractivity contribution in [2.45, 2.75) is 19.9 Å². The number of carboxylic acids is 1. The average Bonchev–Trinajstić information content (AvgIpc) is 2.77. The van der Waals surface area contributed by atoms with Gasteiger partial charge in [0.15, 0.2) is 0 Å². The van der Waals surface area contributed by atoms with E-state index in [1.54, 1.807) is 19.9 Å². The van der Waals surface area contributed by atoms with Crippen molar-refractivity contribution in [3.63, 3.8) is 0 Å². The highest BCUT2D eigenvalue weighted by molar-refractivity contribution is 9.10. The van der Waals surface area contributed by atoms with Crippen LogP contribution in [-0.4, -0.2) is 28.0 Å². The van der Waals surface area contributed by atoms with E-state index >= 15 is 0 Å². The molecule has 0 radical (unpaired) electrons. The van der Waals surface area contributed by atoms with E-state index < -0.39 is 17.9 Å². The van der Waals surface area contributed by atoms with Crippen LogP contribution in [-0.2, 0) is 4.79 Å². The molecule has 0 unspecified atom stereocenters. The molecule has 2 rings (SSSR count). The molecule has 106 valence electrons. The molecule has 1 aromatic carbocycles. The quantitative estimate of drug-likeness (QED) is 0.801. The Morgan fingerprint density at radius 2 is 2.00 bits per heavy atom. The Hall–Kier alpha value is -1.82. The zero-order valence-corrected chi connectivity index (χ0v) is 12.7. The molecule has 0 fully saturated rings. The summed E-state index contributed by atoms with van der Waals surface area (Å²) in [7, 11) is 0. The minimum Gasteiger partial charge on any atom is -0.480 e. The molecule has 6 heteroatoms. The van der Waals surface area contributed by atoms with Gasteiger partial charge < -0.3 is 15.4 Å². The summed E-state index contributed by atoms with van der Waals surface area (Å²) in [5.41, 5.74) is 1.17. The van der Waals surface area contributed by atoms with Crippen LogP contribution in [0.2, 0.25) is 0 Å². The first kappa shape index (κ1) is 14.6. The predicted molar refractivity (Wildman–Crippen MR) is 79.7 cm³/mol. The van der Waals surface area contributed by atoms with E-state index in [4.69, 9.17) is 5.11 Å². The summed E-state index contributed by atoms with van der Waals surface area (Å²) in [6.45, 7) is 3.50. The average molecular weight is 339 g/mol. The Balaban J connectivity index is 2.25. The SMILES string of the molecule is CC(C)[C@H](NC(=O)c1cc2ccc(Br)cc2[nH]1)C(=O)O. The van der Waals surface area contributed by atoms with Gasteiger partial charge in [-0.25, -0.2) is 4.79 Å². The second-order valence-electron chi connectivity index (χ2n) is 4.95. The number of halogens is 1. The molecule has 1 atom stereocenters. The summed E-state index contributed by atoms with van der Waals surface area (Å²) in [5.74, 6) is -1.64. The number of hydrogen-bond donors (Lipinski definition) is 3. The minimum absolute atomic E-state index is 0.185. The van der Waals surface area contributed by atoms with Gasteiger partial charge in [0, 0.05) is 15.4 Å². The van der Waals surface area contributed by atoms with Gasteiger partial charge >= 0.3 is 5.97 Å². The Bertz CT molecular complexity index is 663. The molecular formula is C14H15BrN2O3. The van der Waals surface area contributed by atoms with E-state index in [-0.39, 0.29) is 5.92 Å². The molecule has 0 aliphatic rings. The lowest BCUT2D eigenvalue weighted by Gasteiger charge is -2.17. The molecule has 2 aromatic rings. The largest absolute Gasteiger partial charge is 0.480 e. The Kier molecular flexibility index (Phi) is 4.13. The number of aliphatic carboxylic acids is 1. The van der Waals surface area contributed by atoms with Crippen molar-refractivity contribution in [2.75, 3.05) is 0 Å². The van der Waals surface area contributed by atoms with Crippen LogP contribution in [0.3, 0.4) is 0 Å². The fraction of sp³-hybridized carbons (Fsp3) is 0.286. The number of carbonyl (C=O) groups is 2. The number of H-pyrrole nitrogens is 1. The number of carbonyl (C=O) groups excluding carboxylic acids is 1. The first-order valence-corrected chi connectivity index (χ1v) is 6.99. The van der Waals surface area contributed by atoms with Gasteiger partial charge in [0.25, 0.3) is 5.91 Å². The van der Waals surface area contributed by atoms with Gasteiger partial charge in [-0.05, 0) is 24.1 Å². The van der Waals surface area contributed by atoms with Crippen LogP contribution in [0.15, 0.2) is 28.7 Å². The molecule has 0 aliphatic heterocycles. The highest BCUT2D eigenvalue weighted by Crippen LogP contribution is 2.20. The summed E-state index contributed by atoms with van der Waals surface area (Å²) in [4.78, 5) is 26.2.